The number of carboxylic acids is 1. The first-order valence-corrected chi connectivity index (χ1v) is 10.9. The molecule has 1 N–H and O–H groups in total. The first kappa shape index (κ1) is 22.4. The van der Waals surface area contributed by atoms with Gasteiger partial charge in [0.1, 0.15) is 22.1 Å². The van der Waals surface area contributed by atoms with Crippen molar-refractivity contribution < 1.29 is 24.2 Å². The number of hydrogen-bond donors (Lipinski definition) is 1. The van der Waals surface area contributed by atoms with Gasteiger partial charge in [0, 0.05) is 13.0 Å². The number of carbonyl (C=O) groups is 2. The summed E-state index contributed by atoms with van der Waals surface area (Å²) in [6.45, 7) is 10.1. The van der Waals surface area contributed by atoms with Gasteiger partial charge in [-0.05, 0) is 51.3 Å². The number of thiophene rings is 1. The number of aromatic carboxylic acids is 1. The molecule has 8 heteroatoms. The number of aryl methyl sites for hydroxylation is 2. The maximum absolute atomic E-state index is 13.0. The molecule has 162 valence electrons. The molecule has 0 saturated carbocycles. The molecule has 1 aliphatic heterocycles. The van der Waals surface area contributed by atoms with Gasteiger partial charge in [0.25, 0.3) is 0 Å². The minimum absolute atomic E-state index is 0.0558. The first-order valence-electron chi connectivity index (χ1n) is 9.69. The lowest BCUT2D eigenvalue weighted by Crippen LogP contribution is -2.47. The fraction of sp³-hybridized carbons (Fsp3) is 0.455. The van der Waals surface area contributed by atoms with Crippen LogP contribution in [0.15, 0.2) is 18.2 Å². The van der Waals surface area contributed by atoms with Gasteiger partial charge in [-0.2, -0.15) is 0 Å². The van der Waals surface area contributed by atoms with E-state index >= 15 is 0 Å². The molecule has 0 saturated heterocycles. The third-order valence-corrected chi connectivity index (χ3v) is 6.56. The zero-order valence-electron chi connectivity index (χ0n) is 17.7. The third-order valence-electron chi connectivity index (χ3n) is 4.91. The van der Waals surface area contributed by atoms with Crippen LogP contribution in [0.25, 0.3) is 0 Å². The van der Waals surface area contributed by atoms with Crippen molar-refractivity contribution in [2.24, 2.45) is 0 Å². The summed E-state index contributed by atoms with van der Waals surface area (Å²) in [4.78, 5) is 26.9. The number of benzene rings is 1. The average Bonchev–Trinajstić information content (AvgIpc) is 2.97. The minimum Gasteiger partial charge on any atom is -0.489 e. The molecule has 6 nitrogen and oxygen atoms in total. The summed E-state index contributed by atoms with van der Waals surface area (Å²) in [6.07, 6.45) is 0.0239. The molecule has 0 radical (unpaired) electrons. The number of fused-ring (bicyclic) bond motifs is 1. The molecule has 0 bridgehead atoms. The summed E-state index contributed by atoms with van der Waals surface area (Å²) in [5.41, 5.74) is 2.69. The van der Waals surface area contributed by atoms with E-state index in [0.29, 0.717) is 18.7 Å². The fourth-order valence-electron chi connectivity index (χ4n) is 3.27. The van der Waals surface area contributed by atoms with Crippen molar-refractivity contribution in [1.82, 2.24) is 4.90 Å². The topological polar surface area (TPSA) is 76.1 Å². The van der Waals surface area contributed by atoms with Gasteiger partial charge in [0.15, 0.2) is 5.75 Å². The first-order chi connectivity index (χ1) is 14.0. The lowest BCUT2D eigenvalue weighted by molar-refractivity contribution is 0.00677. The van der Waals surface area contributed by atoms with Gasteiger partial charge in [-0.3, -0.25) is 4.90 Å². The SMILES string of the molecule is Cc1ccc(CN(C(=O)OC(C)(C)C)C2COc3c(sc(C(=O)O)c3Cl)C2)cc1C. The molecule has 2 aromatic rings. The van der Waals surface area contributed by atoms with Crippen molar-refractivity contribution in [3.8, 4) is 5.75 Å². The van der Waals surface area contributed by atoms with E-state index in [1.165, 1.54) is 5.56 Å². The summed E-state index contributed by atoms with van der Waals surface area (Å²) in [5, 5.41) is 9.46. The predicted molar refractivity (Wildman–Crippen MR) is 117 cm³/mol. The Hall–Kier alpha value is -2.25. The standard InChI is InChI=1S/C22H26ClNO5S/c1-12-6-7-14(8-13(12)2)10-24(21(27)29-22(3,4)5)15-9-16-18(28-11-15)17(23)19(30-16)20(25)26/h6-8,15H,9-11H2,1-5H3,(H,25,26). The smallest absolute Gasteiger partial charge is 0.410 e. The summed E-state index contributed by atoms with van der Waals surface area (Å²) in [5.74, 6) is -0.677. The molecule has 1 atom stereocenters. The van der Waals surface area contributed by atoms with E-state index in [-0.39, 0.29) is 22.5 Å². The molecule has 1 amide bonds. The lowest BCUT2D eigenvalue weighted by Gasteiger charge is -2.35. The van der Waals surface area contributed by atoms with Crippen LogP contribution in [0, 0.1) is 13.8 Å². The maximum atomic E-state index is 13.0. The van der Waals surface area contributed by atoms with Crippen molar-refractivity contribution in [2.45, 2.75) is 59.2 Å². The second kappa shape index (κ2) is 8.47. The van der Waals surface area contributed by atoms with Crippen LogP contribution in [0.1, 0.15) is 52.0 Å². The third kappa shape index (κ3) is 4.90. The second-order valence-corrected chi connectivity index (χ2v) is 9.98. The van der Waals surface area contributed by atoms with Crippen LogP contribution in [-0.4, -0.2) is 40.3 Å². The van der Waals surface area contributed by atoms with Gasteiger partial charge < -0.3 is 14.6 Å². The number of nitrogens with zero attached hydrogens (tertiary/aromatic N) is 1. The minimum atomic E-state index is -1.08. The molecule has 3 rings (SSSR count). The molecule has 30 heavy (non-hydrogen) atoms. The molecule has 1 unspecified atom stereocenters. The number of amides is 1. The highest BCUT2D eigenvalue weighted by Gasteiger charge is 2.35. The number of halogens is 1. The molecule has 1 aliphatic rings. The van der Waals surface area contributed by atoms with Crippen LogP contribution in [0.4, 0.5) is 4.79 Å². The Balaban J connectivity index is 1.90. The summed E-state index contributed by atoms with van der Waals surface area (Å²) < 4.78 is 11.5. The number of hydrogen-bond acceptors (Lipinski definition) is 5. The molecule has 2 heterocycles. The molecule has 0 aliphatic carbocycles. The number of carboxylic acid groups (broad SMARTS) is 1. The lowest BCUT2D eigenvalue weighted by atomic mass is 10.0. The van der Waals surface area contributed by atoms with Crippen LogP contribution in [0.3, 0.4) is 0 Å². The normalized spacial score (nSPS) is 15.9. The van der Waals surface area contributed by atoms with E-state index in [4.69, 9.17) is 21.1 Å². The van der Waals surface area contributed by atoms with Crippen LogP contribution < -0.4 is 4.74 Å². The van der Waals surface area contributed by atoms with Gasteiger partial charge >= 0.3 is 12.1 Å². The maximum Gasteiger partial charge on any atom is 0.410 e. The Morgan fingerprint density at radius 3 is 2.60 bits per heavy atom. The Bertz CT molecular complexity index is 979. The Kier molecular flexibility index (Phi) is 6.34. The number of ether oxygens (including phenoxy) is 2. The van der Waals surface area contributed by atoms with Crippen molar-refractivity contribution in [2.75, 3.05) is 6.61 Å². The summed E-state index contributed by atoms with van der Waals surface area (Å²) in [6, 6.07) is 5.79. The largest absolute Gasteiger partial charge is 0.489 e. The molecule has 0 fully saturated rings. The Morgan fingerprint density at radius 1 is 1.30 bits per heavy atom. The molecular formula is C22H26ClNO5S. The highest BCUT2D eigenvalue weighted by molar-refractivity contribution is 7.15. The van der Waals surface area contributed by atoms with Crippen molar-refractivity contribution in [1.29, 1.82) is 0 Å². The van der Waals surface area contributed by atoms with E-state index < -0.39 is 17.7 Å². The van der Waals surface area contributed by atoms with Crippen LogP contribution in [0.2, 0.25) is 5.02 Å². The van der Waals surface area contributed by atoms with Crippen LogP contribution in [0.5, 0.6) is 5.75 Å². The predicted octanol–water partition coefficient (Wildman–Crippen LogP) is 5.46. The number of carbonyl (C=O) groups excluding carboxylic acids is 1. The van der Waals surface area contributed by atoms with E-state index in [1.807, 2.05) is 46.8 Å². The number of rotatable bonds is 4. The van der Waals surface area contributed by atoms with Crippen LogP contribution >= 0.6 is 22.9 Å². The van der Waals surface area contributed by atoms with Gasteiger partial charge in [0.2, 0.25) is 0 Å². The quantitative estimate of drug-likeness (QED) is 0.668. The van der Waals surface area contributed by atoms with Crippen LogP contribution in [-0.2, 0) is 17.7 Å². The molecule has 0 spiro atoms. The van der Waals surface area contributed by atoms with Gasteiger partial charge in [0.05, 0.1) is 10.9 Å². The molecule has 1 aromatic heterocycles. The van der Waals surface area contributed by atoms with Gasteiger partial charge in [-0.1, -0.05) is 29.8 Å². The van der Waals surface area contributed by atoms with Crippen molar-refractivity contribution >= 4 is 35.0 Å². The highest BCUT2D eigenvalue weighted by Crippen LogP contribution is 2.43. The van der Waals surface area contributed by atoms with E-state index in [0.717, 1.165) is 27.3 Å². The van der Waals surface area contributed by atoms with Crippen molar-refractivity contribution in [3.05, 3.63) is 49.7 Å². The highest BCUT2D eigenvalue weighted by atomic mass is 35.5. The average molecular weight is 452 g/mol. The monoisotopic (exact) mass is 451 g/mol. The Labute approximate surface area is 185 Å². The van der Waals surface area contributed by atoms with E-state index in [9.17, 15) is 14.7 Å². The fourth-order valence-corrected chi connectivity index (χ4v) is 4.74. The zero-order valence-corrected chi connectivity index (χ0v) is 19.3. The molecule has 1 aromatic carbocycles. The van der Waals surface area contributed by atoms with Gasteiger partial charge in [-0.15, -0.1) is 11.3 Å². The molecular weight excluding hydrogens is 426 g/mol. The summed E-state index contributed by atoms with van der Waals surface area (Å²) in [7, 11) is 0. The summed E-state index contributed by atoms with van der Waals surface area (Å²) >= 11 is 7.27. The zero-order chi connectivity index (χ0) is 22.2. The van der Waals surface area contributed by atoms with Crippen molar-refractivity contribution in [3.63, 3.8) is 0 Å². The van der Waals surface area contributed by atoms with E-state index in [1.54, 1.807) is 4.90 Å². The second-order valence-electron chi connectivity index (χ2n) is 8.50. The Morgan fingerprint density at radius 2 is 2.00 bits per heavy atom. The van der Waals surface area contributed by atoms with Gasteiger partial charge in [-0.25, -0.2) is 9.59 Å². The van der Waals surface area contributed by atoms with E-state index in [2.05, 4.69) is 6.07 Å².